The van der Waals surface area contributed by atoms with Gasteiger partial charge < -0.3 is 25.2 Å². The standard InChI is InChI=1S/C27H31N3O6/c31-24(29-14-12-28-13-15-29)11-16-36-23-19-30(26(34)35)27(25(32)33,18-21-9-5-2-6-10-21)22(23)17-20-7-3-1-4-8-20/h1-11,16,22-23,28H,12-15,17-19H2,(H,32,33)(H,34,35)/b16-11+/t22?,23-,27+/m1/s1. The second-order valence-electron chi connectivity index (χ2n) is 9.13. The molecule has 190 valence electrons. The van der Waals surface area contributed by atoms with Gasteiger partial charge in [-0.2, -0.15) is 0 Å². The molecule has 1 unspecified atom stereocenters. The lowest BCUT2D eigenvalue weighted by molar-refractivity contribution is -0.151. The number of likely N-dealkylation sites (tertiary alicyclic amines) is 1. The molecule has 0 radical (unpaired) electrons. The van der Waals surface area contributed by atoms with Gasteiger partial charge >= 0.3 is 12.1 Å². The molecule has 0 aliphatic carbocycles. The van der Waals surface area contributed by atoms with Crippen LogP contribution in [0.1, 0.15) is 11.1 Å². The molecule has 9 nitrogen and oxygen atoms in total. The Morgan fingerprint density at radius 3 is 2.17 bits per heavy atom. The maximum Gasteiger partial charge on any atom is 0.408 e. The minimum Gasteiger partial charge on any atom is -0.496 e. The number of carboxylic acids is 1. The number of nitrogens with zero attached hydrogens (tertiary/aromatic N) is 2. The Kier molecular flexibility index (Phi) is 7.90. The van der Waals surface area contributed by atoms with Gasteiger partial charge in [0.2, 0.25) is 5.91 Å². The van der Waals surface area contributed by atoms with Crippen molar-refractivity contribution >= 4 is 18.0 Å². The van der Waals surface area contributed by atoms with E-state index in [1.165, 1.54) is 12.3 Å². The zero-order valence-corrected chi connectivity index (χ0v) is 20.0. The Morgan fingerprint density at radius 2 is 1.58 bits per heavy atom. The molecule has 2 aliphatic rings. The Morgan fingerprint density at radius 1 is 0.972 bits per heavy atom. The number of ether oxygens (including phenoxy) is 1. The van der Waals surface area contributed by atoms with E-state index in [-0.39, 0.29) is 18.9 Å². The third kappa shape index (κ3) is 5.36. The molecule has 2 saturated heterocycles. The molecule has 0 bridgehead atoms. The van der Waals surface area contributed by atoms with Gasteiger partial charge in [-0.15, -0.1) is 0 Å². The summed E-state index contributed by atoms with van der Waals surface area (Å²) in [6.07, 6.45) is 0.831. The number of carbonyl (C=O) groups is 3. The summed E-state index contributed by atoms with van der Waals surface area (Å²) in [5.74, 6) is -2.12. The molecule has 2 amide bonds. The lowest BCUT2D eigenvalue weighted by atomic mass is 9.75. The lowest BCUT2D eigenvalue weighted by Gasteiger charge is -2.37. The number of nitrogens with one attached hydrogen (secondary N) is 1. The molecule has 3 N–H and O–H groups in total. The summed E-state index contributed by atoms with van der Waals surface area (Å²) >= 11 is 0. The van der Waals surface area contributed by atoms with Crippen molar-refractivity contribution < 1.29 is 29.3 Å². The Hall–Kier alpha value is -3.85. The van der Waals surface area contributed by atoms with Crippen molar-refractivity contribution in [3.63, 3.8) is 0 Å². The van der Waals surface area contributed by atoms with Crippen LogP contribution in [0.3, 0.4) is 0 Å². The maximum atomic E-state index is 12.9. The molecule has 0 aromatic heterocycles. The number of hydrogen-bond donors (Lipinski definition) is 3. The van der Waals surface area contributed by atoms with Crippen LogP contribution < -0.4 is 5.32 Å². The number of amides is 2. The van der Waals surface area contributed by atoms with Gasteiger partial charge in [0, 0.05) is 44.6 Å². The number of carbonyl (C=O) groups excluding carboxylic acids is 1. The van der Waals surface area contributed by atoms with E-state index < -0.39 is 29.6 Å². The second-order valence-corrected chi connectivity index (χ2v) is 9.13. The summed E-state index contributed by atoms with van der Waals surface area (Å²) in [6.45, 7) is 2.50. The van der Waals surface area contributed by atoms with Crippen LogP contribution in [0.25, 0.3) is 0 Å². The number of hydrogen-bond acceptors (Lipinski definition) is 5. The second kappa shape index (κ2) is 11.3. The topological polar surface area (TPSA) is 119 Å². The van der Waals surface area contributed by atoms with E-state index in [4.69, 9.17) is 4.74 Å². The van der Waals surface area contributed by atoms with Gasteiger partial charge in [-0.1, -0.05) is 60.7 Å². The van der Waals surface area contributed by atoms with E-state index in [1.54, 1.807) is 29.2 Å². The Balaban J connectivity index is 1.66. The van der Waals surface area contributed by atoms with Crippen molar-refractivity contribution in [1.29, 1.82) is 0 Å². The first-order valence-electron chi connectivity index (χ1n) is 12.1. The molecule has 2 heterocycles. The van der Waals surface area contributed by atoms with Gasteiger partial charge in [0.1, 0.15) is 6.10 Å². The van der Waals surface area contributed by atoms with Crippen LogP contribution in [-0.2, 0) is 27.2 Å². The molecular formula is C27H31N3O6. The quantitative estimate of drug-likeness (QED) is 0.381. The smallest absolute Gasteiger partial charge is 0.408 e. The first-order chi connectivity index (χ1) is 17.4. The maximum absolute atomic E-state index is 12.9. The highest BCUT2D eigenvalue weighted by molar-refractivity contribution is 5.87. The average molecular weight is 494 g/mol. The van der Waals surface area contributed by atoms with Gasteiger partial charge in [0.05, 0.1) is 12.8 Å². The minimum absolute atomic E-state index is 0.00371. The van der Waals surface area contributed by atoms with E-state index in [9.17, 15) is 24.6 Å². The first-order valence-corrected chi connectivity index (χ1v) is 12.1. The number of rotatable bonds is 8. The fourth-order valence-electron chi connectivity index (χ4n) is 5.21. The van der Waals surface area contributed by atoms with Crippen molar-refractivity contribution in [2.75, 3.05) is 32.7 Å². The number of piperazine rings is 1. The van der Waals surface area contributed by atoms with E-state index >= 15 is 0 Å². The van der Waals surface area contributed by atoms with Crippen LogP contribution in [0.5, 0.6) is 0 Å². The molecule has 36 heavy (non-hydrogen) atoms. The molecule has 2 aromatic carbocycles. The summed E-state index contributed by atoms with van der Waals surface area (Å²) in [4.78, 5) is 40.5. The third-order valence-corrected chi connectivity index (χ3v) is 7.02. The van der Waals surface area contributed by atoms with Crippen molar-refractivity contribution in [2.24, 2.45) is 5.92 Å². The van der Waals surface area contributed by atoms with Gasteiger partial charge in [0.15, 0.2) is 5.54 Å². The average Bonchev–Trinajstić information content (AvgIpc) is 3.20. The van der Waals surface area contributed by atoms with Crippen molar-refractivity contribution in [1.82, 2.24) is 15.1 Å². The molecule has 2 aromatic rings. The summed E-state index contributed by atoms with van der Waals surface area (Å²) < 4.78 is 5.96. The highest BCUT2D eigenvalue weighted by atomic mass is 16.5. The molecular weight excluding hydrogens is 462 g/mol. The molecule has 0 spiro atoms. The van der Waals surface area contributed by atoms with Crippen LogP contribution in [0.2, 0.25) is 0 Å². The monoisotopic (exact) mass is 493 g/mol. The van der Waals surface area contributed by atoms with E-state index in [1.807, 2.05) is 36.4 Å². The van der Waals surface area contributed by atoms with Crippen molar-refractivity contribution in [2.45, 2.75) is 24.5 Å². The molecule has 2 aliphatic heterocycles. The van der Waals surface area contributed by atoms with E-state index in [0.717, 1.165) is 23.6 Å². The van der Waals surface area contributed by atoms with E-state index in [2.05, 4.69) is 5.32 Å². The Bertz CT molecular complexity index is 1090. The summed E-state index contributed by atoms with van der Waals surface area (Å²) in [6, 6.07) is 18.4. The zero-order chi connectivity index (χ0) is 25.5. The van der Waals surface area contributed by atoms with Gasteiger partial charge in [-0.05, 0) is 17.5 Å². The molecule has 4 rings (SSSR count). The summed E-state index contributed by atoms with van der Waals surface area (Å²) in [5.41, 5.74) is -0.151. The molecule has 2 fully saturated rings. The summed E-state index contributed by atoms with van der Waals surface area (Å²) in [5, 5.41) is 23.8. The fourth-order valence-corrected chi connectivity index (χ4v) is 5.21. The molecule has 9 heteroatoms. The van der Waals surface area contributed by atoms with Crippen LogP contribution in [0, 0.1) is 5.92 Å². The lowest BCUT2D eigenvalue weighted by Crippen LogP contribution is -2.58. The highest BCUT2D eigenvalue weighted by Crippen LogP contribution is 2.42. The van der Waals surface area contributed by atoms with Gasteiger partial charge in [-0.3, -0.25) is 9.69 Å². The predicted octanol–water partition coefficient (Wildman–Crippen LogP) is 2.24. The van der Waals surface area contributed by atoms with Crippen molar-refractivity contribution in [3.05, 3.63) is 84.1 Å². The fraction of sp³-hybridized carbons (Fsp3) is 0.370. The number of benzene rings is 2. The highest BCUT2D eigenvalue weighted by Gasteiger charge is 2.61. The van der Waals surface area contributed by atoms with Gasteiger partial charge in [0.25, 0.3) is 0 Å². The van der Waals surface area contributed by atoms with Crippen LogP contribution in [0.15, 0.2) is 73.0 Å². The van der Waals surface area contributed by atoms with Crippen molar-refractivity contribution in [3.8, 4) is 0 Å². The largest absolute Gasteiger partial charge is 0.496 e. The molecule has 3 atom stereocenters. The zero-order valence-electron chi connectivity index (χ0n) is 20.0. The van der Waals surface area contributed by atoms with E-state index in [0.29, 0.717) is 25.1 Å². The van der Waals surface area contributed by atoms with Crippen LogP contribution in [0.4, 0.5) is 4.79 Å². The normalized spacial score (nSPS) is 24.1. The SMILES string of the molecule is O=C(/C=C/O[C@@H]1CN(C(=O)O)[C@](Cc2ccccc2)(C(=O)O)C1Cc1ccccc1)N1CCNCC1. The van der Waals surface area contributed by atoms with Crippen LogP contribution >= 0.6 is 0 Å². The predicted molar refractivity (Wildman–Crippen MR) is 132 cm³/mol. The summed E-state index contributed by atoms with van der Waals surface area (Å²) in [7, 11) is 0. The third-order valence-electron chi connectivity index (χ3n) is 7.02. The van der Waals surface area contributed by atoms with Crippen LogP contribution in [-0.4, -0.2) is 82.3 Å². The number of aliphatic carboxylic acids is 1. The Labute approximate surface area is 210 Å². The minimum atomic E-state index is -1.75. The number of carboxylic acid groups (broad SMARTS) is 2. The molecule has 0 saturated carbocycles. The van der Waals surface area contributed by atoms with Gasteiger partial charge in [-0.25, -0.2) is 9.59 Å². The first kappa shape index (κ1) is 25.2.